The molecule has 0 saturated carbocycles. The van der Waals surface area contributed by atoms with Crippen molar-refractivity contribution in [2.45, 2.75) is 18.8 Å². The van der Waals surface area contributed by atoms with E-state index in [2.05, 4.69) is 16.2 Å². The SMILES string of the molecule is N#Cc1ccc(-c2nc(C3CCCOC3)no2)cc1. The zero-order valence-corrected chi connectivity index (χ0v) is 10.4. The van der Waals surface area contributed by atoms with Gasteiger partial charge < -0.3 is 9.26 Å². The van der Waals surface area contributed by atoms with E-state index < -0.39 is 0 Å². The lowest BCUT2D eigenvalue weighted by Gasteiger charge is -2.18. The first-order chi connectivity index (χ1) is 9.36. The Balaban J connectivity index is 1.81. The quantitative estimate of drug-likeness (QED) is 0.824. The predicted octanol–water partition coefficient (Wildman–Crippen LogP) is 2.50. The summed E-state index contributed by atoms with van der Waals surface area (Å²) in [5.41, 5.74) is 1.44. The number of benzene rings is 1. The number of rotatable bonds is 2. The number of nitriles is 1. The van der Waals surface area contributed by atoms with Crippen LogP contribution in [0.5, 0.6) is 0 Å². The third-order valence-electron chi connectivity index (χ3n) is 3.23. The van der Waals surface area contributed by atoms with Crippen molar-refractivity contribution in [2.75, 3.05) is 13.2 Å². The van der Waals surface area contributed by atoms with Crippen LogP contribution in [0.15, 0.2) is 28.8 Å². The molecule has 1 aliphatic rings. The van der Waals surface area contributed by atoms with E-state index in [1.807, 2.05) is 12.1 Å². The normalized spacial score (nSPS) is 19.0. The Bertz CT molecular complexity index is 592. The summed E-state index contributed by atoms with van der Waals surface area (Å²) in [4.78, 5) is 4.42. The van der Waals surface area contributed by atoms with Crippen molar-refractivity contribution in [3.63, 3.8) is 0 Å². The van der Waals surface area contributed by atoms with Crippen molar-refractivity contribution in [3.05, 3.63) is 35.7 Å². The van der Waals surface area contributed by atoms with Gasteiger partial charge in [0, 0.05) is 18.1 Å². The number of ether oxygens (including phenoxy) is 1. The second-order valence-electron chi connectivity index (χ2n) is 4.56. The van der Waals surface area contributed by atoms with Crippen LogP contribution in [0.3, 0.4) is 0 Å². The summed E-state index contributed by atoms with van der Waals surface area (Å²) in [6.07, 6.45) is 2.07. The molecule has 1 atom stereocenters. The molecule has 5 heteroatoms. The standard InChI is InChI=1S/C14H13N3O2/c15-8-10-3-5-11(6-4-10)14-16-13(17-19-14)12-2-1-7-18-9-12/h3-6,12H,1-2,7,9H2. The molecule has 0 N–H and O–H groups in total. The molecule has 0 bridgehead atoms. The molecular weight excluding hydrogens is 242 g/mol. The molecule has 2 heterocycles. The van der Waals surface area contributed by atoms with Gasteiger partial charge in [0.15, 0.2) is 5.82 Å². The van der Waals surface area contributed by atoms with Crippen LogP contribution >= 0.6 is 0 Å². The fraction of sp³-hybridized carbons (Fsp3) is 0.357. The molecule has 1 unspecified atom stereocenters. The van der Waals surface area contributed by atoms with Gasteiger partial charge in [0.25, 0.3) is 5.89 Å². The van der Waals surface area contributed by atoms with E-state index in [4.69, 9.17) is 14.5 Å². The minimum absolute atomic E-state index is 0.227. The van der Waals surface area contributed by atoms with Crippen LogP contribution in [0.2, 0.25) is 0 Å². The van der Waals surface area contributed by atoms with Crippen LogP contribution in [0.25, 0.3) is 11.5 Å². The molecule has 0 spiro atoms. The minimum atomic E-state index is 0.227. The van der Waals surface area contributed by atoms with Crippen LogP contribution in [-0.2, 0) is 4.74 Å². The zero-order chi connectivity index (χ0) is 13.1. The topological polar surface area (TPSA) is 71.9 Å². The van der Waals surface area contributed by atoms with Crippen molar-refractivity contribution < 1.29 is 9.26 Å². The van der Waals surface area contributed by atoms with Gasteiger partial charge in [-0.15, -0.1) is 0 Å². The van der Waals surface area contributed by atoms with Gasteiger partial charge in [0.2, 0.25) is 0 Å². The molecule has 3 rings (SSSR count). The fourth-order valence-corrected chi connectivity index (χ4v) is 2.15. The Hall–Kier alpha value is -2.19. The van der Waals surface area contributed by atoms with Crippen molar-refractivity contribution in [2.24, 2.45) is 0 Å². The van der Waals surface area contributed by atoms with E-state index in [0.717, 1.165) is 25.0 Å². The first kappa shape index (κ1) is 11.9. The van der Waals surface area contributed by atoms with E-state index in [1.165, 1.54) is 0 Å². The van der Waals surface area contributed by atoms with Gasteiger partial charge in [-0.2, -0.15) is 10.2 Å². The molecular formula is C14H13N3O2. The van der Waals surface area contributed by atoms with Gasteiger partial charge >= 0.3 is 0 Å². The number of hydrogen-bond donors (Lipinski definition) is 0. The highest BCUT2D eigenvalue weighted by molar-refractivity contribution is 5.54. The highest BCUT2D eigenvalue weighted by Crippen LogP contribution is 2.25. The summed E-state index contributed by atoms with van der Waals surface area (Å²) in [6, 6.07) is 9.18. The highest BCUT2D eigenvalue weighted by Gasteiger charge is 2.21. The van der Waals surface area contributed by atoms with Crippen LogP contribution in [0.1, 0.15) is 30.1 Å². The molecule has 1 fully saturated rings. The molecule has 5 nitrogen and oxygen atoms in total. The van der Waals surface area contributed by atoms with E-state index in [1.54, 1.807) is 12.1 Å². The van der Waals surface area contributed by atoms with Gasteiger partial charge in [-0.05, 0) is 37.1 Å². The third kappa shape index (κ3) is 2.49. The zero-order valence-electron chi connectivity index (χ0n) is 10.4. The Labute approximate surface area is 110 Å². The maximum absolute atomic E-state index is 8.76. The molecule has 2 aromatic rings. The maximum Gasteiger partial charge on any atom is 0.257 e. The minimum Gasteiger partial charge on any atom is -0.381 e. The molecule has 1 aliphatic heterocycles. The fourth-order valence-electron chi connectivity index (χ4n) is 2.15. The predicted molar refractivity (Wildman–Crippen MR) is 67.2 cm³/mol. The van der Waals surface area contributed by atoms with Crippen LogP contribution in [0, 0.1) is 11.3 Å². The summed E-state index contributed by atoms with van der Waals surface area (Å²) in [5.74, 6) is 1.42. The Morgan fingerprint density at radius 2 is 2.11 bits per heavy atom. The number of hydrogen-bond acceptors (Lipinski definition) is 5. The second-order valence-corrected chi connectivity index (χ2v) is 4.56. The average Bonchev–Trinajstić information content (AvgIpc) is 2.98. The molecule has 0 amide bonds. The Morgan fingerprint density at radius 3 is 2.79 bits per heavy atom. The van der Waals surface area contributed by atoms with Crippen LogP contribution < -0.4 is 0 Å². The first-order valence-corrected chi connectivity index (χ1v) is 6.29. The Morgan fingerprint density at radius 1 is 1.26 bits per heavy atom. The first-order valence-electron chi connectivity index (χ1n) is 6.29. The molecule has 1 saturated heterocycles. The van der Waals surface area contributed by atoms with E-state index >= 15 is 0 Å². The van der Waals surface area contributed by atoms with Crippen molar-refractivity contribution in [1.29, 1.82) is 5.26 Å². The van der Waals surface area contributed by atoms with Gasteiger partial charge in [0.1, 0.15) is 0 Å². The molecule has 0 radical (unpaired) electrons. The Kier molecular flexibility index (Phi) is 3.25. The molecule has 1 aromatic heterocycles. The molecule has 96 valence electrons. The molecule has 19 heavy (non-hydrogen) atoms. The molecule has 1 aromatic carbocycles. The number of aromatic nitrogens is 2. The van der Waals surface area contributed by atoms with Crippen LogP contribution in [0.4, 0.5) is 0 Å². The largest absolute Gasteiger partial charge is 0.381 e. The van der Waals surface area contributed by atoms with Gasteiger partial charge in [-0.1, -0.05) is 5.16 Å². The monoisotopic (exact) mass is 255 g/mol. The van der Waals surface area contributed by atoms with Crippen molar-refractivity contribution in [3.8, 4) is 17.5 Å². The summed E-state index contributed by atoms with van der Waals surface area (Å²) in [7, 11) is 0. The van der Waals surface area contributed by atoms with Crippen LogP contribution in [-0.4, -0.2) is 23.4 Å². The molecule has 0 aliphatic carbocycles. The smallest absolute Gasteiger partial charge is 0.257 e. The van der Waals surface area contributed by atoms with Crippen molar-refractivity contribution in [1.82, 2.24) is 10.1 Å². The lowest BCUT2D eigenvalue weighted by Crippen LogP contribution is -2.16. The average molecular weight is 255 g/mol. The highest BCUT2D eigenvalue weighted by atomic mass is 16.5. The second kappa shape index (κ2) is 5.21. The third-order valence-corrected chi connectivity index (χ3v) is 3.23. The van der Waals surface area contributed by atoms with E-state index in [0.29, 0.717) is 23.9 Å². The van der Waals surface area contributed by atoms with Crippen molar-refractivity contribution >= 4 is 0 Å². The van der Waals surface area contributed by atoms with E-state index in [-0.39, 0.29) is 5.92 Å². The summed E-state index contributed by atoms with van der Waals surface area (Å²) < 4.78 is 10.7. The van der Waals surface area contributed by atoms with Gasteiger partial charge in [0.05, 0.1) is 18.2 Å². The van der Waals surface area contributed by atoms with E-state index in [9.17, 15) is 0 Å². The lowest BCUT2D eigenvalue weighted by atomic mass is 10.0. The summed E-state index contributed by atoms with van der Waals surface area (Å²) in [6.45, 7) is 1.48. The summed E-state index contributed by atoms with van der Waals surface area (Å²) >= 11 is 0. The van der Waals surface area contributed by atoms with Gasteiger partial charge in [-0.25, -0.2) is 0 Å². The number of nitrogens with zero attached hydrogens (tertiary/aromatic N) is 3. The van der Waals surface area contributed by atoms with Gasteiger partial charge in [-0.3, -0.25) is 0 Å². The lowest BCUT2D eigenvalue weighted by molar-refractivity contribution is 0.0773. The summed E-state index contributed by atoms with van der Waals surface area (Å²) in [5, 5.41) is 12.8. The maximum atomic E-state index is 8.76.